The van der Waals surface area contributed by atoms with E-state index in [0.717, 1.165) is 6.42 Å². The molecule has 0 spiro atoms. The Balaban J connectivity index is 1.66. The first-order valence-electron chi connectivity index (χ1n) is 8.20. The van der Waals surface area contributed by atoms with Crippen LogP contribution in [0.2, 0.25) is 0 Å². The molecule has 0 aliphatic carbocycles. The fraction of sp³-hybridized carbons (Fsp3) is 0.500. The number of carbonyl (C=O) groups excluding carboxylic acids is 3. The molecule has 0 saturated carbocycles. The van der Waals surface area contributed by atoms with Crippen molar-refractivity contribution in [2.75, 3.05) is 12.9 Å². The number of hydrogen-bond donors (Lipinski definition) is 0. The van der Waals surface area contributed by atoms with Gasteiger partial charge in [0.25, 0.3) is 0 Å². The number of carbonyl (C=O) groups is 3. The number of ketones is 1. The van der Waals surface area contributed by atoms with Crippen LogP contribution in [0.1, 0.15) is 37.0 Å². The first kappa shape index (κ1) is 17.8. The molecular formula is C18H21NO5S. The van der Waals surface area contributed by atoms with Gasteiger partial charge in [0, 0.05) is 17.7 Å². The molecule has 25 heavy (non-hydrogen) atoms. The van der Waals surface area contributed by atoms with Crippen molar-refractivity contribution in [2.45, 2.75) is 43.7 Å². The number of rotatable bonds is 5. The minimum atomic E-state index is -0.907. The van der Waals surface area contributed by atoms with Crippen LogP contribution >= 0.6 is 11.8 Å². The minimum absolute atomic E-state index is 0.0245. The average molecular weight is 363 g/mol. The standard InChI is InChI=1S/C18H21NO5S/c1-11(16(21)12-4-6-13(23-3)7-5-12)24-17(22)14-10-25-18(2)9-8-15(20)19(14)18/h4-7,11,14H,8-10H2,1-3H3/t11-,14+,18+/m1/s1. The van der Waals surface area contributed by atoms with Crippen molar-refractivity contribution < 1.29 is 23.9 Å². The van der Waals surface area contributed by atoms with Gasteiger partial charge in [0.1, 0.15) is 11.8 Å². The summed E-state index contributed by atoms with van der Waals surface area (Å²) in [7, 11) is 1.55. The quantitative estimate of drug-likeness (QED) is 0.590. The normalized spacial score (nSPS) is 26.3. The highest BCUT2D eigenvalue weighted by molar-refractivity contribution is 8.01. The van der Waals surface area contributed by atoms with Gasteiger partial charge < -0.3 is 14.4 Å². The second-order valence-corrected chi connectivity index (χ2v) is 7.94. The molecule has 1 amide bonds. The van der Waals surface area contributed by atoms with Crippen LogP contribution in [-0.4, -0.2) is 52.4 Å². The lowest BCUT2D eigenvalue weighted by atomic mass is 10.1. The van der Waals surface area contributed by atoms with E-state index in [1.807, 2.05) is 6.92 Å². The number of ether oxygens (including phenoxy) is 2. The molecule has 0 bridgehead atoms. The molecule has 2 aliphatic heterocycles. The maximum Gasteiger partial charge on any atom is 0.330 e. The zero-order valence-corrected chi connectivity index (χ0v) is 15.3. The van der Waals surface area contributed by atoms with Gasteiger partial charge in [0.15, 0.2) is 6.10 Å². The lowest BCUT2D eigenvalue weighted by molar-refractivity contribution is -0.155. The third-order valence-corrected chi connectivity index (χ3v) is 6.26. The maximum absolute atomic E-state index is 12.5. The summed E-state index contributed by atoms with van der Waals surface area (Å²) in [6.07, 6.45) is 0.282. The first-order chi connectivity index (χ1) is 11.9. The SMILES string of the molecule is COc1ccc(C(=O)[C@@H](C)OC(=O)[C@@H]2CS[C@@]3(C)CCC(=O)N23)cc1. The van der Waals surface area contributed by atoms with E-state index in [9.17, 15) is 14.4 Å². The summed E-state index contributed by atoms with van der Waals surface area (Å²) in [6, 6.07) is 6.03. The van der Waals surface area contributed by atoms with Gasteiger partial charge in [-0.1, -0.05) is 0 Å². The number of hydrogen-bond acceptors (Lipinski definition) is 6. The first-order valence-corrected chi connectivity index (χ1v) is 9.19. The highest BCUT2D eigenvalue weighted by Gasteiger charge is 2.53. The molecule has 0 radical (unpaired) electrons. The number of thioether (sulfide) groups is 1. The largest absolute Gasteiger partial charge is 0.497 e. The van der Waals surface area contributed by atoms with E-state index in [4.69, 9.17) is 9.47 Å². The van der Waals surface area contributed by atoms with Crippen molar-refractivity contribution in [3.05, 3.63) is 29.8 Å². The number of esters is 1. The van der Waals surface area contributed by atoms with Crippen molar-refractivity contribution in [1.29, 1.82) is 0 Å². The minimum Gasteiger partial charge on any atom is -0.497 e. The zero-order chi connectivity index (χ0) is 18.2. The highest BCUT2D eigenvalue weighted by Crippen LogP contribution is 2.47. The van der Waals surface area contributed by atoms with Crippen LogP contribution in [0, 0.1) is 0 Å². The Hall–Kier alpha value is -2.02. The average Bonchev–Trinajstić information content (AvgIpc) is 3.10. The van der Waals surface area contributed by atoms with Gasteiger partial charge in [-0.25, -0.2) is 4.79 Å². The Morgan fingerprint density at radius 1 is 1.32 bits per heavy atom. The molecule has 6 nitrogen and oxygen atoms in total. The van der Waals surface area contributed by atoms with E-state index in [-0.39, 0.29) is 16.6 Å². The van der Waals surface area contributed by atoms with Gasteiger partial charge in [0.2, 0.25) is 11.7 Å². The molecule has 2 saturated heterocycles. The molecule has 7 heteroatoms. The molecule has 0 unspecified atom stereocenters. The predicted octanol–water partition coefficient (Wildman–Crippen LogP) is 2.26. The van der Waals surface area contributed by atoms with E-state index in [1.165, 1.54) is 0 Å². The molecule has 0 N–H and O–H groups in total. The summed E-state index contributed by atoms with van der Waals surface area (Å²) >= 11 is 1.60. The second kappa shape index (κ2) is 6.71. The maximum atomic E-state index is 12.5. The van der Waals surface area contributed by atoms with Crippen molar-refractivity contribution in [3.63, 3.8) is 0 Å². The molecule has 2 fully saturated rings. The fourth-order valence-corrected chi connectivity index (χ4v) is 4.71. The molecule has 134 valence electrons. The molecular weight excluding hydrogens is 342 g/mol. The molecule has 3 rings (SSSR count). The summed E-state index contributed by atoms with van der Waals surface area (Å²) in [4.78, 5) is 38.4. The molecule has 1 aromatic carbocycles. The number of methoxy groups -OCH3 is 1. The van der Waals surface area contributed by atoms with Crippen molar-refractivity contribution in [2.24, 2.45) is 0 Å². The van der Waals surface area contributed by atoms with Crippen LogP contribution in [0.5, 0.6) is 5.75 Å². The topological polar surface area (TPSA) is 72.9 Å². The Morgan fingerprint density at radius 3 is 2.64 bits per heavy atom. The van der Waals surface area contributed by atoms with Crippen LogP contribution in [0.15, 0.2) is 24.3 Å². The van der Waals surface area contributed by atoms with Gasteiger partial charge >= 0.3 is 5.97 Å². The molecule has 1 aromatic rings. The summed E-state index contributed by atoms with van der Waals surface area (Å²) in [5.41, 5.74) is 0.448. The fourth-order valence-electron chi connectivity index (χ4n) is 3.29. The van der Waals surface area contributed by atoms with E-state index in [2.05, 4.69) is 0 Å². The van der Waals surface area contributed by atoms with E-state index < -0.39 is 18.1 Å². The zero-order valence-electron chi connectivity index (χ0n) is 14.5. The van der Waals surface area contributed by atoms with Crippen LogP contribution in [0.25, 0.3) is 0 Å². The molecule has 0 aromatic heterocycles. The smallest absolute Gasteiger partial charge is 0.330 e. The van der Waals surface area contributed by atoms with Gasteiger partial charge in [-0.15, -0.1) is 11.8 Å². The van der Waals surface area contributed by atoms with Crippen LogP contribution < -0.4 is 4.74 Å². The Bertz CT molecular complexity index is 704. The molecule has 2 aliphatic rings. The van der Waals surface area contributed by atoms with Gasteiger partial charge in [-0.2, -0.15) is 0 Å². The second-order valence-electron chi connectivity index (χ2n) is 6.44. The summed E-state index contributed by atoms with van der Waals surface area (Å²) in [5.74, 6) is 0.336. The molecule has 3 atom stereocenters. The van der Waals surface area contributed by atoms with Crippen LogP contribution in [-0.2, 0) is 14.3 Å². The number of benzene rings is 1. The Labute approximate surface area is 150 Å². The van der Waals surface area contributed by atoms with E-state index >= 15 is 0 Å². The summed E-state index contributed by atoms with van der Waals surface area (Å²) in [6.45, 7) is 3.53. The predicted molar refractivity (Wildman–Crippen MR) is 93.6 cm³/mol. The number of nitrogens with zero attached hydrogens (tertiary/aromatic N) is 1. The lowest BCUT2D eigenvalue weighted by Gasteiger charge is -2.29. The lowest BCUT2D eigenvalue weighted by Crippen LogP contribution is -2.47. The summed E-state index contributed by atoms with van der Waals surface area (Å²) in [5, 5.41) is 0. The van der Waals surface area contributed by atoms with Gasteiger partial charge in [-0.3, -0.25) is 9.59 Å². The van der Waals surface area contributed by atoms with E-state index in [0.29, 0.717) is 23.5 Å². The monoisotopic (exact) mass is 363 g/mol. The number of Topliss-reactive ketones (excluding diaryl/α,β-unsaturated/α-hetero) is 1. The summed E-state index contributed by atoms with van der Waals surface area (Å²) < 4.78 is 10.4. The van der Waals surface area contributed by atoms with E-state index in [1.54, 1.807) is 55.0 Å². The van der Waals surface area contributed by atoms with Gasteiger partial charge in [0.05, 0.1) is 12.0 Å². The molecule has 2 heterocycles. The number of amides is 1. The van der Waals surface area contributed by atoms with Gasteiger partial charge in [-0.05, 0) is 44.5 Å². The van der Waals surface area contributed by atoms with Crippen molar-refractivity contribution in [3.8, 4) is 5.75 Å². The Kier molecular flexibility index (Phi) is 4.77. The number of fused-ring (bicyclic) bond motifs is 1. The third kappa shape index (κ3) is 3.25. The van der Waals surface area contributed by atoms with Crippen LogP contribution in [0.3, 0.4) is 0 Å². The van der Waals surface area contributed by atoms with Crippen LogP contribution in [0.4, 0.5) is 0 Å². The third-order valence-electron chi connectivity index (χ3n) is 4.75. The van der Waals surface area contributed by atoms with Crippen molar-refractivity contribution >= 4 is 29.4 Å². The van der Waals surface area contributed by atoms with Crippen molar-refractivity contribution in [1.82, 2.24) is 4.90 Å². The highest BCUT2D eigenvalue weighted by atomic mass is 32.2. The Morgan fingerprint density at radius 2 is 2.00 bits per heavy atom.